The summed E-state index contributed by atoms with van der Waals surface area (Å²) in [5, 5.41) is 0. The molecule has 0 radical (unpaired) electrons. The molecule has 1 fully saturated rings. The van der Waals surface area contributed by atoms with Crippen molar-refractivity contribution in [3.8, 4) is 0 Å². The normalized spacial score (nSPS) is 17.8. The molecule has 1 heterocycles. The summed E-state index contributed by atoms with van der Waals surface area (Å²) < 4.78 is 0. The van der Waals surface area contributed by atoms with Gasteiger partial charge in [-0.25, -0.2) is 0 Å². The smallest absolute Gasteiger partial charge is 0.0233 e. The van der Waals surface area contributed by atoms with Crippen molar-refractivity contribution in [3.63, 3.8) is 0 Å². The second-order valence-electron chi connectivity index (χ2n) is 5.22. The predicted octanol–water partition coefficient (Wildman–Crippen LogP) is 2.23. The Morgan fingerprint density at radius 2 is 1.75 bits per heavy atom. The van der Waals surface area contributed by atoms with Crippen molar-refractivity contribution < 1.29 is 0 Å². The SMILES string of the molecule is CC(C)C1CN(Cc2ccc(CN)cc2)C1. The molecular weight excluding hydrogens is 196 g/mol. The molecule has 0 bridgehead atoms. The first-order valence-electron chi connectivity index (χ1n) is 6.19. The minimum atomic E-state index is 0.638. The molecule has 88 valence electrons. The van der Waals surface area contributed by atoms with Crippen molar-refractivity contribution in [3.05, 3.63) is 35.4 Å². The van der Waals surface area contributed by atoms with Crippen molar-refractivity contribution in [2.75, 3.05) is 13.1 Å². The molecular formula is C14H22N2. The van der Waals surface area contributed by atoms with E-state index in [9.17, 15) is 0 Å². The van der Waals surface area contributed by atoms with Crippen molar-refractivity contribution in [1.29, 1.82) is 0 Å². The minimum absolute atomic E-state index is 0.638. The van der Waals surface area contributed by atoms with Gasteiger partial charge < -0.3 is 5.73 Å². The van der Waals surface area contributed by atoms with Gasteiger partial charge in [0.25, 0.3) is 0 Å². The van der Waals surface area contributed by atoms with Crippen LogP contribution in [0.4, 0.5) is 0 Å². The van der Waals surface area contributed by atoms with Crippen molar-refractivity contribution in [1.82, 2.24) is 4.90 Å². The summed E-state index contributed by atoms with van der Waals surface area (Å²) >= 11 is 0. The molecule has 1 aliphatic heterocycles. The third kappa shape index (κ3) is 2.63. The summed E-state index contributed by atoms with van der Waals surface area (Å²) in [5.74, 6) is 1.74. The summed E-state index contributed by atoms with van der Waals surface area (Å²) in [7, 11) is 0. The van der Waals surface area contributed by atoms with Crippen LogP contribution in [0, 0.1) is 11.8 Å². The van der Waals surface area contributed by atoms with Crippen LogP contribution in [0.5, 0.6) is 0 Å². The predicted molar refractivity (Wildman–Crippen MR) is 67.9 cm³/mol. The zero-order valence-electron chi connectivity index (χ0n) is 10.3. The summed E-state index contributed by atoms with van der Waals surface area (Å²) in [5.41, 5.74) is 8.20. The van der Waals surface area contributed by atoms with Gasteiger partial charge in [-0.3, -0.25) is 4.90 Å². The average molecular weight is 218 g/mol. The number of likely N-dealkylation sites (tertiary alicyclic amines) is 1. The lowest BCUT2D eigenvalue weighted by atomic mass is 9.88. The van der Waals surface area contributed by atoms with Gasteiger partial charge in [-0.2, -0.15) is 0 Å². The zero-order chi connectivity index (χ0) is 11.5. The lowest BCUT2D eigenvalue weighted by molar-refractivity contribution is 0.0614. The van der Waals surface area contributed by atoms with E-state index < -0.39 is 0 Å². The van der Waals surface area contributed by atoms with Gasteiger partial charge in [0.15, 0.2) is 0 Å². The van der Waals surface area contributed by atoms with Gasteiger partial charge in [0, 0.05) is 26.2 Å². The van der Waals surface area contributed by atoms with Crippen molar-refractivity contribution in [2.45, 2.75) is 26.9 Å². The fourth-order valence-electron chi connectivity index (χ4n) is 2.20. The molecule has 0 aromatic heterocycles. The molecule has 0 atom stereocenters. The summed E-state index contributed by atoms with van der Waals surface area (Å²) in [6.07, 6.45) is 0. The van der Waals surface area contributed by atoms with E-state index in [1.165, 1.54) is 24.2 Å². The van der Waals surface area contributed by atoms with E-state index in [0.29, 0.717) is 6.54 Å². The minimum Gasteiger partial charge on any atom is -0.326 e. The molecule has 0 aliphatic carbocycles. The molecule has 16 heavy (non-hydrogen) atoms. The Kier molecular flexibility index (Phi) is 3.62. The van der Waals surface area contributed by atoms with Crippen LogP contribution in [-0.2, 0) is 13.1 Å². The number of nitrogens with two attached hydrogens (primary N) is 1. The Morgan fingerprint density at radius 1 is 1.19 bits per heavy atom. The van der Waals surface area contributed by atoms with Crippen molar-refractivity contribution in [2.24, 2.45) is 17.6 Å². The van der Waals surface area contributed by atoms with E-state index in [0.717, 1.165) is 18.4 Å². The molecule has 0 spiro atoms. The highest BCUT2D eigenvalue weighted by atomic mass is 15.2. The third-order valence-corrected chi connectivity index (χ3v) is 3.59. The van der Waals surface area contributed by atoms with Gasteiger partial charge in [0.05, 0.1) is 0 Å². The largest absolute Gasteiger partial charge is 0.326 e. The number of nitrogens with zero attached hydrogens (tertiary/aromatic N) is 1. The molecule has 1 saturated heterocycles. The molecule has 0 unspecified atom stereocenters. The lowest BCUT2D eigenvalue weighted by Crippen LogP contribution is -2.48. The van der Waals surface area contributed by atoms with Crippen LogP contribution in [0.2, 0.25) is 0 Å². The topological polar surface area (TPSA) is 29.3 Å². The molecule has 0 amide bonds. The van der Waals surface area contributed by atoms with Crippen LogP contribution in [-0.4, -0.2) is 18.0 Å². The number of hydrogen-bond acceptors (Lipinski definition) is 2. The average Bonchev–Trinajstić information content (AvgIpc) is 2.23. The van der Waals surface area contributed by atoms with E-state index in [4.69, 9.17) is 5.73 Å². The molecule has 2 nitrogen and oxygen atoms in total. The first kappa shape index (κ1) is 11.6. The number of benzene rings is 1. The second kappa shape index (κ2) is 4.98. The maximum absolute atomic E-state index is 5.58. The van der Waals surface area contributed by atoms with Crippen LogP contribution >= 0.6 is 0 Å². The van der Waals surface area contributed by atoms with E-state index >= 15 is 0 Å². The fraction of sp³-hybridized carbons (Fsp3) is 0.571. The molecule has 2 heteroatoms. The summed E-state index contributed by atoms with van der Waals surface area (Å²) in [4.78, 5) is 2.52. The zero-order valence-corrected chi connectivity index (χ0v) is 10.3. The highest BCUT2D eigenvalue weighted by Crippen LogP contribution is 2.24. The van der Waals surface area contributed by atoms with Gasteiger partial charge in [-0.1, -0.05) is 38.1 Å². The van der Waals surface area contributed by atoms with Crippen LogP contribution in [0.15, 0.2) is 24.3 Å². The second-order valence-corrected chi connectivity index (χ2v) is 5.22. The third-order valence-electron chi connectivity index (χ3n) is 3.59. The maximum atomic E-state index is 5.58. The molecule has 1 aromatic rings. The van der Waals surface area contributed by atoms with E-state index in [-0.39, 0.29) is 0 Å². The van der Waals surface area contributed by atoms with Crippen molar-refractivity contribution >= 4 is 0 Å². The number of rotatable bonds is 4. The van der Waals surface area contributed by atoms with Crippen LogP contribution in [0.3, 0.4) is 0 Å². The highest BCUT2D eigenvalue weighted by molar-refractivity contribution is 5.22. The number of hydrogen-bond donors (Lipinski definition) is 1. The Bertz CT molecular complexity index is 323. The molecule has 2 rings (SSSR count). The Balaban J connectivity index is 1.82. The first-order chi connectivity index (χ1) is 7.69. The van der Waals surface area contributed by atoms with Crippen LogP contribution in [0.1, 0.15) is 25.0 Å². The van der Waals surface area contributed by atoms with Gasteiger partial charge in [0.1, 0.15) is 0 Å². The van der Waals surface area contributed by atoms with E-state index in [1.807, 2.05) is 0 Å². The molecule has 1 aromatic carbocycles. The Labute approximate surface area is 98.4 Å². The summed E-state index contributed by atoms with van der Waals surface area (Å²) in [6, 6.07) is 8.67. The first-order valence-corrected chi connectivity index (χ1v) is 6.19. The van der Waals surface area contributed by atoms with Crippen LogP contribution in [0.25, 0.3) is 0 Å². The quantitative estimate of drug-likeness (QED) is 0.839. The Hall–Kier alpha value is -0.860. The van der Waals surface area contributed by atoms with Gasteiger partial charge in [-0.05, 0) is 23.0 Å². The highest BCUT2D eigenvalue weighted by Gasteiger charge is 2.28. The van der Waals surface area contributed by atoms with Gasteiger partial charge >= 0.3 is 0 Å². The lowest BCUT2D eigenvalue weighted by Gasteiger charge is -2.41. The maximum Gasteiger partial charge on any atom is 0.0233 e. The fourth-order valence-corrected chi connectivity index (χ4v) is 2.20. The standard InChI is InChI=1S/C14H22N2/c1-11(2)14-9-16(10-14)8-13-5-3-12(7-15)4-6-13/h3-6,11,14H,7-10,15H2,1-2H3. The van der Waals surface area contributed by atoms with Gasteiger partial charge in [-0.15, -0.1) is 0 Å². The van der Waals surface area contributed by atoms with Crippen LogP contribution < -0.4 is 5.73 Å². The Morgan fingerprint density at radius 3 is 2.25 bits per heavy atom. The van der Waals surface area contributed by atoms with E-state index in [2.05, 4.69) is 43.0 Å². The van der Waals surface area contributed by atoms with E-state index in [1.54, 1.807) is 0 Å². The molecule has 0 saturated carbocycles. The van der Waals surface area contributed by atoms with Gasteiger partial charge in [0.2, 0.25) is 0 Å². The monoisotopic (exact) mass is 218 g/mol. The summed E-state index contributed by atoms with van der Waals surface area (Å²) in [6.45, 7) is 8.89. The molecule has 2 N–H and O–H groups in total. The molecule has 1 aliphatic rings.